The van der Waals surface area contributed by atoms with Gasteiger partial charge in [-0.2, -0.15) is 13.2 Å². The fourth-order valence-corrected chi connectivity index (χ4v) is 5.21. The van der Waals surface area contributed by atoms with E-state index < -0.39 is 11.7 Å². The standard InChI is InChI=1S/C25H22F3NOS/c1-16(13-17-7-6-8-18(14-17)25(26,27)28)29-24(30)15-21-19-9-2-4-11-22(19)31-23-12-5-3-10-20(21)23/h2-12,14,16,21H,13,15H2,1H3,(H,29,30)/t16-/m0/s1. The molecule has 0 aliphatic carbocycles. The number of hydrogen-bond acceptors (Lipinski definition) is 2. The van der Waals surface area contributed by atoms with Crippen molar-refractivity contribution in [3.63, 3.8) is 0 Å². The van der Waals surface area contributed by atoms with Crippen LogP contribution in [0, 0.1) is 0 Å². The van der Waals surface area contributed by atoms with Gasteiger partial charge in [0.05, 0.1) is 5.56 Å². The van der Waals surface area contributed by atoms with E-state index in [9.17, 15) is 18.0 Å². The van der Waals surface area contributed by atoms with Crippen molar-refractivity contribution in [3.8, 4) is 0 Å². The molecule has 0 unspecified atom stereocenters. The number of amides is 1. The van der Waals surface area contributed by atoms with E-state index in [4.69, 9.17) is 0 Å². The molecule has 3 aromatic carbocycles. The number of alkyl halides is 3. The highest BCUT2D eigenvalue weighted by atomic mass is 32.2. The van der Waals surface area contributed by atoms with Gasteiger partial charge in [0.2, 0.25) is 5.91 Å². The third-order valence-electron chi connectivity index (χ3n) is 5.40. The Labute approximate surface area is 183 Å². The van der Waals surface area contributed by atoms with Gasteiger partial charge in [-0.25, -0.2) is 0 Å². The van der Waals surface area contributed by atoms with Crippen LogP contribution in [0.25, 0.3) is 0 Å². The SMILES string of the molecule is C[C@@H](Cc1cccc(C(F)(F)F)c1)NC(=O)CC1c2ccccc2Sc2ccccc21. The van der Waals surface area contributed by atoms with Crippen molar-refractivity contribution < 1.29 is 18.0 Å². The Bertz CT molecular complexity index is 1050. The molecule has 0 saturated heterocycles. The number of fused-ring (bicyclic) bond motifs is 2. The van der Waals surface area contributed by atoms with Gasteiger partial charge in [-0.1, -0.05) is 66.4 Å². The molecule has 0 saturated carbocycles. The minimum atomic E-state index is -4.37. The van der Waals surface area contributed by atoms with Crippen molar-refractivity contribution in [3.05, 3.63) is 95.1 Å². The average Bonchev–Trinajstić information content (AvgIpc) is 2.73. The second-order valence-corrected chi connectivity index (χ2v) is 8.89. The van der Waals surface area contributed by atoms with Gasteiger partial charge in [0.25, 0.3) is 0 Å². The molecular weight excluding hydrogens is 419 g/mol. The first-order chi connectivity index (χ1) is 14.8. The van der Waals surface area contributed by atoms with E-state index in [1.807, 2.05) is 31.2 Å². The molecule has 1 N–H and O–H groups in total. The minimum Gasteiger partial charge on any atom is -0.353 e. The second-order valence-electron chi connectivity index (χ2n) is 7.81. The van der Waals surface area contributed by atoms with Crippen molar-refractivity contribution in [2.45, 2.75) is 47.7 Å². The van der Waals surface area contributed by atoms with Crippen molar-refractivity contribution in [1.29, 1.82) is 0 Å². The molecule has 6 heteroatoms. The van der Waals surface area contributed by atoms with Gasteiger partial charge >= 0.3 is 6.18 Å². The Hall–Kier alpha value is -2.73. The smallest absolute Gasteiger partial charge is 0.353 e. The zero-order valence-electron chi connectivity index (χ0n) is 16.9. The Morgan fingerprint density at radius 2 is 1.58 bits per heavy atom. The average molecular weight is 442 g/mol. The van der Waals surface area contributed by atoms with Crippen LogP contribution in [0.4, 0.5) is 13.2 Å². The van der Waals surface area contributed by atoms with Crippen LogP contribution in [0.15, 0.2) is 82.6 Å². The van der Waals surface area contributed by atoms with Crippen LogP contribution < -0.4 is 5.32 Å². The molecule has 31 heavy (non-hydrogen) atoms. The van der Waals surface area contributed by atoms with E-state index in [0.29, 0.717) is 18.4 Å². The lowest BCUT2D eigenvalue weighted by atomic mass is 9.87. The molecule has 1 aliphatic rings. The molecule has 0 radical (unpaired) electrons. The minimum absolute atomic E-state index is 0.0468. The summed E-state index contributed by atoms with van der Waals surface area (Å²) < 4.78 is 38.8. The highest BCUT2D eigenvalue weighted by Gasteiger charge is 2.31. The third-order valence-corrected chi connectivity index (χ3v) is 6.59. The summed E-state index contributed by atoms with van der Waals surface area (Å²) in [5.41, 5.74) is 2.14. The molecule has 160 valence electrons. The first-order valence-corrected chi connectivity index (χ1v) is 10.9. The lowest BCUT2D eigenvalue weighted by Gasteiger charge is -2.28. The molecule has 0 spiro atoms. The Morgan fingerprint density at radius 1 is 0.968 bits per heavy atom. The van der Waals surface area contributed by atoms with Crippen molar-refractivity contribution >= 4 is 17.7 Å². The van der Waals surface area contributed by atoms with Gasteiger partial charge in [0, 0.05) is 28.2 Å². The molecule has 3 aromatic rings. The molecule has 0 fully saturated rings. The summed E-state index contributed by atoms with van der Waals surface area (Å²) in [7, 11) is 0. The third kappa shape index (κ3) is 4.96. The van der Waals surface area contributed by atoms with E-state index >= 15 is 0 Å². The zero-order valence-corrected chi connectivity index (χ0v) is 17.8. The molecule has 1 atom stereocenters. The molecular formula is C25H22F3NOS. The quantitative estimate of drug-likeness (QED) is 0.494. The van der Waals surface area contributed by atoms with E-state index in [0.717, 1.165) is 33.1 Å². The number of rotatable bonds is 5. The molecule has 1 amide bonds. The van der Waals surface area contributed by atoms with E-state index in [1.165, 1.54) is 6.07 Å². The fraction of sp³-hybridized carbons (Fsp3) is 0.240. The predicted octanol–water partition coefficient (Wildman–Crippen LogP) is 6.44. The maximum Gasteiger partial charge on any atom is 0.416 e. The Kier molecular flexibility index (Phi) is 6.10. The number of nitrogens with one attached hydrogen (secondary N) is 1. The summed E-state index contributed by atoms with van der Waals surface area (Å²) >= 11 is 1.71. The highest BCUT2D eigenvalue weighted by molar-refractivity contribution is 7.99. The van der Waals surface area contributed by atoms with Crippen LogP contribution in [-0.2, 0) is 17.4 Å². The largest absolute Gasteiger partial charge is 0.416 e. The van der Waals surface area contributed by atoms with Crippen LogP contribution in [0.1, 0.15) is 41.5 Å². The molecule has 1 heterocycles. The Morgan fingerprint density at radius 3 is 2.19 bits per heavy atom. The normalized spacial score (nSPS) is 14.5. The summed E-state index contributed by atoms with van der Waals surface area (Å²) in [4.78, 5) is 15.2. The first kappa shape index (κ1) is 21.5. The van der Waals surface area contributed by atoms with Gasteiger partial charge in [0.1, 0.15) is 0 Å². The zero-order chi connectivity index (χ0) is 22.0. The van der Waals surface area contributed by atoms with Crippen LogP contribution in [0.3, 0.4) is 0 Å². The van der Waals surface area contributed by atoms with Gasteiger partial charge in [-0.05, 0) is 48.2 Å². The van der Waals surface area contributed by atoms with E-state index in [1.54, 1.807) is 17.8 Å². The number of carbonyl (C=O) groups excluding carboxylic acids is 1. The van der Waals surface area contributed by atoms with Crippen molar-refractivity contribution in [2.75, 3.05) is 0 Å². The second kappa shape index (κ2) is 8.79. The van der Waals surface area contributed by atoms with Crippen LogP contribution in [0.5, 0.6) is 0 Å². The summed E-state index contributed by atoms with van der Waals surface area (Å²) in [5.74, 6) is -0.157. The fourth-order valence-electron chi connectivity index (χ4n) is 4.03. The topological polar surface area (TPSA) is 29.1 Å². The Balaban J connectivity index is 1.46. The monoisotopic (exact) mass is 441 g/mol. The van der Waals surface area contributed by atoms with Crippen molar-refractivity contribution in [2.24, 2.45) is 0 Å². The van der Waals surface area contributed by atoms with Crippen LogP contribution in [0.2, 0.25) is 0 Å². The summed E-state index contributed by atoms with van der Waals surface area (Å²) in [6.07, 6.45) is -3.74. The highest BCUT2D eigenvalue weighted by Crippen LogP contribution is 2.46. The van der Waals surface area contributed by atoms with Gasteiger partial charge in [0.15, 0.2) is 0 Å². The summed E-state index contributed by atoms with van der Waals surface area (Å²) in [6.45, 7) is 1.82. The molecule has 2 nitrogen and oxygen atoms in total. The van der Waals surface area contributed by atoms with Crippen LogP contribution in [-0.4, -0.2) is 11.9 Å². The lowest BCUT2D eigenvalue weighted by molar-refractivity contribution is -0.137. The van der Waals surface area contributed by atoms with E-state index in [-0.39, 0.29) is 17.9 Å². The molecule has 0 bridgehead atoms. The first-order valence-electron chi connectivity index (χ1n) is 10.1. The number of benzene rings is 3. The predicted molar refractivity (Wildman–Crippen MR) is 116 cm³/mol. The molecule has 0 aromatic heterocycles. The van der Waals surface area contributed by atoms with Gasteiger partial charge in [-0.3, -0.25) is 4.79 Å². The van der Waals surface area contributed by atoms with Crippen LogP contribution >= 0.6 is 11.8 Å². The maximum atomic E-state index is 12.9. The van der Waals surface area contributed by atoms with Crippen molar-refractivity contribution in [1.82, 2.24) is 5.32 Å². The number of halogens is 3. The number of hydrogen-bond donors (Lipinski definition) is 1. The maximum absolute atomic E-state index is 12.9. The summed E-state index contributed by atoms with van der Waals surface area (Å²) in [5, 5.41) is 2.97. The summed E-state index contributed by atoms with van der Waals surface area (Å²) in [6, 6.07) is 21.2. The van der Waals surface area contributed by atoms with E-state index in [2.05, 4.69) is 29.6 Å². The molecule has 4 rings (SSSR count). The number of carbonyl (C=O) groups is 1. The molecule has 1 aliphatic heterocycles. The van der Waals surface area contributed by atoms with Gasteiger partial charge < -0.3 is 5.32 Å². The van der Waals surface area contributed by atoms with Gasteiger partial charge in [-0.15, -0.1) is 0 Å². The lowest BCUT2D eigenvalue weighted by Crippen LogP contribution is -2.35.